The smallest absolute Gasteiger partial charge is 0.334 e. The van der Waals surface area contributed by atoms with Gasteiger partial charge in [-0.25, -0.2) is 9.18 Å². The first-order valence-electron chi connectivity index (χ1n) is 6.75. The Balaban J connectivity index is 1.93. The number of carboxylic acids is 1. The second-order valence-corrected chi connectivity index (χ2v) is 5.67. The van der Waals surface area contributed by atoms with Crippen LogP contribution in [0.2, 0.25) is 0 Å². The number of hydrogen-bond acceptors (Lipinski definition) is 5. The van der Waals surface area contributed by atoms with E-state index in [0.717, 1.165) is 25.3 Å². The van der Waals surface area contributed by atoms with E-state index in [2.05, 4.69) is 0 Å². The minimum absolute atomic E-state index is 0.587. The molecule has 2 aliphatic carbocycles. The van der Waals surface area contributed by atoms with Gasteiger partial charge in [-0.05, 0) is 18.9 Å². The summed E-state index contributed by atoms with van der Waals surface area (Å²) in [4.78, 5) is 11.0. The Morgan fingerprint density at radius 2 is 1.90 bits per heavy atom. The van der Waals surface area contributed by atoms with Crippen LogP contribution in [0.1, 0.15) is 32.1 Å². The van der Waals surface area contributed by atoms with Gasteiger partial charge >= 0.3 is 5.97 Å². The standard InChI is InChI=1S/C13H17FO6/c14-9-7(11(15)16)6-8-10(13(9,17)18)20-12(19-8)4-2-1-3-5-12/h6,8-10,17-18H,1-5H2,(H,15,16). The summed E-state index contributed by atoms with van der Waals surface area (Å²) in [5.74, 6) is -5.38. The Kier molecular flexibility index (Phi) is 3.13. The zero-order chi connectivity index (χ0) is 14.5. The summed E-state index contributed by atoms with van der Waals surface area (Å²) in [6.45, 7) is 0. The highest BCUT2D eigenvalue weighted by molar-refractivity contribution is 5.88. The summed E-state index contributed by atoms with van der Waals surface area (Å²) >= 11 is 0. The summed E-state index contributed by atoms with van der Waals surface area (Å²) in [5.41, 5.74) is -0.701. The van der Waals surface area contributed by atoms with Crippen LogP contribution in [0.15, 0.2) is 11.6 Å². The Morgan fingerprint density at radius 3 is 2.50 bits per heavy atom. The number of carbonyl (C=O) groups is 1. The minimum atomic E-state index is -2.89. The fourth-order valence-corrected chi connectivity index (χ4v) is 3.23. The molecule has 1 spiro atoms. The maximum absolute atomic E-state index is 14.0. The summed E-state index contributed by atoms with van der Waals surface area (Å²) < 4.78 is 25.3. The lowest BCUT2D eigenvalue weighted by Gasteiger charge is -2.36. The van der Waals surface area contributed by atoms with Gasteiger partial charge in [0.15, 0.2) is 12.0 Å². The van der Waals surface area contributed by atoms with Crippen LogP contribution in [0.4, 0.5) is 4.39 Å². The van der Waals surface area contributed by atoms with Crippen molar-refractivity contribution in [3.8, 4) is 0 Å². The Morgan fingerprint density at radius 1 is 1.25 bits per heavy atom. The van der Waals surface area contributed by atoms with Crippen molar-refractivity contribution in [3.63, 3.8) is 0 Å². The van der Waals surface area contributed by atoms with E-state index in [9.17, 15) is 19.4 Å². The second kappa shape index (κ2) is 4.49. The molecule has 0 aromatic rings. The zero-order valence-electron chi connectivity index (χ0n) is 10.8. The molecule has 2 fully saturated rings. The Labute approximate surface area is 114 Å². The molecule has 0 aromatic carbocycles. The maximum atomic E-state index is 14.0. The van der Waals surface area contributed by atoms with Crippen molar-refractivity contribution in [2.75, 3.05) is 0 Å². The van der Waals surface area contributed by atoms with Gasteiger partial charge in [-0.2, -0.15) is 0 Å². The van der Waals surface area contributed by atoms with Gasteiger partial charge < -0.3 is 24.8 Å². The third-order valence-electron chi connectivity index (χ3n) is 4.26. The molecule has 1 heterocycles. The highest BCUT2D eigenvalue weighted by Gasteiger charge is 2.61. The fraction of sp³-hybridized carbons (Fsp3) is 0.769. The summed E-state index contributed by atoms with van der Waals surface area (Å²) in [7, 11) is 0. The third kappa shape index (κ3) is 1.96. The third-order valence-corrected chi connectivity index (χ3v) is 4.26. The summed E-state index contributed by atoms with van der Waals surface area (Å²) in [5, 5.41) is 28.8. The van der Waals surface area contributed by atoms with Crippen LogP contribution in [-0.2, 0) is 14.3 Å². The average Bonchev–Trinajstić information content (AvgIpc) is 2.74. The van der Waals surface area contributed by atoms with E-state index in [4.69, 9.17) is 14.6 Å². The van der Waals surface area contributed by atoms with Crippen LogP contribution in [-0.4, -0.2) is 51.2 Å². The van der Waals surface area contributed by atoms with Gasteiger partial charge in [0.1, 0.15) is 12.2 Å². The van der Waals surface area contributed by atoms with Gasteiger partial charge in [0.2, 0.25) is 5.79 Å². The topological polar surface area (TPSA) is 96.2 Å². The largest absolute Gasteiger partial charge is 0.478 e. The number of halogens is 1. The molecule has 1 saturated carbocycles. The Bertz CT molecular complexity index is 454. The zero-order valence-corrected chi connectivity index (χ0v) is 10.8. The molecule has 7 heteroatoms. The number of ether oxygens (including phenoxy) is 2. The van der Waals surface area contributed by atoms with Gasteiger partial charge in [-0.3, -0.25) is 0 Å². The number of aliphatic hydroxyl groups is 2. The van der Waals surface area contributed by atoms with E-state index >= 15 is 0 Å². The lowest BCUT2D eigenvalue weighted by atomic mass is 9.87. The molecular formula is C13H17FO6. The molecule has 0 radical (unpaired) electrons. The predicted octanol–water partition coefficient (Wildman–Crippen LogP) is 0.474. The number of rotatable bonds is 1. The van der Waals surface area contributed by atoms with E-state index in [1.165, 1.54) is 0 Å². The van der Waals surface area contributed by atoms with Gasteiger partial charge in [-0.15, -0.1) is 0 Å². The van der Waals surface area contributed by atoms with Gasteiger partial charge in [-0.1, -0.05) is 6.42 Å². The van der Waals surface area contributed by atoms with Crippen molar-refractivity contribution in [2.24, 2.45) is 0 Å². The fourth-order valence-electron chi connectivity index (χ4n) is 3.23. The molecule has 112 valence electrons. The molecule has 0 amide bonds. The predicted molar refractivity (Wildman–Crippen MR) is 63.3 cm³/mol. The number of hydrogen-bond donors (Lipinski definition) is 3. The highest BCUT2D eigenvalue weighted by atomic mass is 19.1. The normalized spacial score (nSPS) is 38.4. The van der Waals surface area contributed by atoms with E-state index < -0.39 is 41.5 Å². The van der Waals surface area contributed by atoms with E-state index in [-0.39, 0.29) is 0 Å². The van der Waals surface area contributed by atoms with Crippen LogP contribution in [0.3, 0.4) is 0 Å². The van der Waals surface area contributed by atoms with Crippen molar-refractivity contribution in [1.82, 2.24) is 0 Å². The number of alkyl halides is 1. The molecule has 6 nitrogen and oxygen atoms in total. The van der Waals surface area contributed by atoms with Crippen molar-refractivity contribution in [3.05, 3.63) is 11.6 Å². The number of fused-ring (bicyclic) bond motifs is 1. The lowest BCUT2D eigenvalue weighted by Crippen LogP contribution is -2.58. The molecule has 3 rings (SSSR count). The van der Waals surface area contributed by atoms with Crippen LogP contribution < -0.4 is 0 Å². The van der Waals surface area contributed by atoms with Crippen LogP contribution in [0.5, 0.6) is 0 Å². The van der Waals surface area contributed by atoms with Crippen LogP contribution in [0.25, 0.3) is 0 Å². The van der Waals surface area contributed by atoms with Crippen LogP contribution >= 0.6 is 0 Å². The lowest BCUT2D eigenvalue weighted by molar-refractivity contribution is -0.279. The van der Waals surface area contributed by atoms with Crippen molar-refractivity contribution < 1.29 is 34.0 Å². The SMILES string of the molecule is O=C(O)C1=CC2OC3(CCCCC3)OC2C(O)(O)C1F. The first-order chi connectivity index (χ1) is 9.36. The molecule has 3 unspecified atom stereocenters. The highest BCUT2D eigenvalue weighted by Crippen LogP contribution is 2.46. The molecule has 1 aliphatic heterocycles. The van der Waals surface area contributed by atoms with Crippen molar-refractivity contribution >= 4 is 5.97 Å². The summed E-state index contributed by atoms with van der Waals surface area (Å²) in [6, 6.07) is 0. The maximum Gasteiger partial charge on any atom is 0.334 e. The molecule has 1 saturated heterocycles. The Hall–Kier alpha value is -1.02. The van der Waals surface area contributed by atoms with Crippen molar-refractivity contribution in [1.29, 1.82) is 0 Å². The summed E-state index contributed by atoms with van der Waals surface area (Å²) in [6.07, 6.45) is 0.354. The molecule has 3 aliphatic rings. The van der Waals surface area contributed by atoms with E-state index in [0.29, 0.717) is 12.8 Å². The molecular weight excluding hydrogens is 271 g/mol. The molecule has 3 atom stereocenters. The van der Waals surface area contributed by atoms with Gasteiger partial charge in [0, 0.05) is 12.8 Å². The van der Waals surface area contributed by atoms with E-state index in [1.807, 2.05) is 0 Å². The average molecular weight is 288 g/mol. The monoisotopic (exact) mass is 288 g/mol. The van der Waals surface area contributed by atoms with Crippen LogP contribution in [0, 0.1) is 0 Å². The quantitative estimate of drug-likeness (QED) is 0.607. The minimum Gasteiger partial charge on any atom is -0.478 e. The number of aliphatic carboxylic acids is 1. The van der Waals surface area contributed by atoms with E-state index in [1.54, 1.807) is 0 Å². The molecule has 3 N–H and O–H groups in total. The first-order valence-corrected chi connectivity index (χ1v) is 6.75. The molecule has 0 aromatic heterocycles. The first kappa shape index (κ1) is 13.9. The van der Waals surface area contributed by atoms with Gasteiger partial charge in [0.25, 0.3) is 0 Å². The molecule has 20 heavy (non-hydrogen) atoms. The molecule has 0 bridgehead atoms. The second-order valence-electron chi connectivity index (χ2n) is 5.67. The van der Waals surface area contributed by atoms with Gasteiger partial charge in [0.05, 0.1) is 5.57 Å². The van der Waals surface area contributed by atoms with Crippen molar-refractivity contribution in [2.45, 2.75) is 62.1 Å². The number of carboxylic acid groups (broad SMARTS) is 1.